The molecule has 0 bridgehead atoms. The Kier molecular flexibility index (Phi) is 8.20. The van der Waals surface area contributed by atoms with Gasteiger partial charge in [0.2, 0.25) is 19.6 Å². The van der Waals surface area contributed by atoms with Crippen molar-refractivity contribution in [3.8, 4) is 11.5 Å². The first-order valence-electron chi connectivity index (χ1n) is 11.8. The summed E-state index contributed by atoms with van der Waals surface area (Å²) in [5.74, 6) is 1.14. The number of pyridine rings is 1. The van der Waals surface area contributed by atoms with E-state index in [0.717, 1.165) is 16.5 Å². The molecule has 0 fully saturated rings. The maximum Gasteiger partial charge on any atom is 0.231 e. The summed E-state index contributed by atoms with van der Waals surface area (Å²) in [6.07, 6.45) is 6.95. The third-order valence-electron chi connectivity index (χ3n) is 6.28. The molecule has 2 aromatic rings. The summed E-state index contributed by atoms with van der Waals surface area (Å²) in [6.45, 7) is 3.93. The minimum absolute atomic E-state index is 0.0696. The van der Waals surface area contributed by atoms with Crippen molar-refractivity contribution in [1.29, 1.82) is 0 Å². The highest BCUT2D eigenvalue weighted by molar-refractivity contribution is 5.96. The van der Waals surface area contributed by atoms with Crippen LogP contribution in [0, 0.1) is 0 Å². The summed E-state index contributed by atoms with van der Waals surface area (Å²) in [6, 6.07) is 3.62. The van der Waals surface area contributed by atoms with Crippen LogP contribution in [0.4, 0.5) is 0 Å². The Bertz CT molecular complexity index is 1350. The second-order valence-corrected chi connectivity index (χ2v) is 8.97. The van der Waals surface area contributed by atoms with E-state index >= 15 is 0 Å². The topological polar surface area (TPSA) is 137 Å². The number of aromatic nitrogens is 1. The number of rotatable bonds is 12. The molecule has 0 saturated heterocycles. The van der Waals surface area contributed by atoms with E-state index in [2.05, 4.69) is 5.32 Å². The highest BCUT2D eigenvalue weighted by atomic mass is 16.7. The fraction of sp³-hybridized carbons (Fsp3) is 0.333. The van der Waals surface area contributed by atoms with Crippen LogP contribution in [0.2, 0.25) is 0 Å². The van der Waals surface area contributed by atoms with E-state index in [0.29, 0.717) is 58.7 Å². The number of fused-ring (bicyclic) bond motifs is 3. The number of amides is 2. The van der Waals surface area contributed by atoms with Gasteiger partial charge in [0, 0.05) is 24.1 Å². The number of aldehydes is 1. The second-order valence-electron chi connectivity index (χ2n) is 8.97. The molecule has 1 aromatic heterocycles. The van der Waals surface area contributed by atoms with Gasteiger partial charge in [-0.25, -0.2) is 4.98 Å². The molecule has 0 aliphatic carbocycles. The number of carbonyl (C=O) groups is 3. The number of ether oxygens (including phenoxy) is 4. The molecular weight excluding hydrogens is 494 g/mol. The van der Waals surface area contributed by atoms with Crippen LogP contribution in [0.1, 0.15) is 30.7 Å². The van der Waals surface area contributed by atoms with Gasteiger partial charge in [-0.05, 0) is 42.7 Å². The van der Waals surface area contributed by atoms with Crippen LogP contribution in [0.3, 0.4) is 0 Å². The Labute approximate surface area is 219 Å². The quantitative estimate of drug-likeness (QED) is 0.243. The fourth-order valence-corrected chi connectivity index (χ4v) is 4.50. The first-order valence-corrected chi connectivity index (χ1v) is 11.8. The molecule has 1 atom stereocenters. The summed E-state index contributed by atoms with van der Waals surface area (Å²) >= 11 is 0. The van der Waals surface area contributed by atoms with Crippen molar-refractivity contribution < 1.29 is 38.4 Å². The lowest BCUT2D eigenvalue weighted by atomic mass is 9.91. The predicted octanol–water partition coefficient (Wildman–Crippen LogP) is 1.92. The molecule has 2 amide bonds. The van der Waals surface area contributed by atoms with E-state index < -0.39 is 5.60 Å². The van der Waals surface area contributed by atoms with Crippen molar-refractivity contribution in [2.24, 2.45) is 0 Å². The summed E-state index contributed by atoms with van der Waals surface area (Å²) in [5, 5.41) is 14.1. The molecule has 3 heterocycles. The highest BCUT2D eigenvalue weighted by Gasteiger charge is 2.33. The van der Waals surface area contributed by atoms with Gasteiger partial charge in [0.1, 0.15) is 12.3 Å². The van der Waals surface area contributed by atoms with Crippen LogP contribution in [0.15, 0.2) is 35.4 Å². The minimum atomic E-state index is -1.81. The molecule has 0 spiro atoms. The second kappa shape index (κ2) is 11.5. The van der Waals surface area contributed by atoms with E-state index in [-0.39, 0.29) is 33.3 Å². The van der Waals surface area contributed by atoms with Crippen molar-refractivity contribution in [2.75, 3.05) is 33.8 Å². The van der Waals surface area contributed by atoms with Crippen molar-refractivity contribution in [1.82, 2.24) is 15.2 Å². The van der Waals surface area contributed by atoms with Gasteiger partial charge in [0.05, 0.1) is 36.7 Å². The van der Waals surface area contributed by atoms with E-state index in [1.54, 1.807) is 25.1 Å². The van der Waals surface area contributed by atoms with Gasteiger partial charge in [-0.2, -0.15) is 0 Å². The Hall–Kier alpha value is -4.06. The van der Waals surface area contributed by atoms with Gasteiger partial charge in [-0.15, -0.1) is 0 Å². The van der Waals surface area contributed by atoms with Crippen LogP contribution >= 0.6 is 0 Å². The standard InChI is InChI=1S/C27H29N3O8/c1-17(11-35-3)21(27(2,34)12-31)8-23-26-20(10-30(23)15-33)18(5-4-6-36-14-28-13-32)19-7-24-25(38-16-37-24)9-22(19)29-26/h4-5,7-9,12-13,15,34H,6,10-11,14,16H2,1-3H3,(H,28,32)/b5-4+,21-17-,23-8-/t27-/m1/s1. The van der Waals surface area contributed by atoms with Gasteiger partial charge in [0.25, 0.3) is 0 Å². The van der Waals surface area contributed by atoms with Crippen LogP contribution < -0.4 is 14.8 Å². The molecule has 11 heteroatoms. The fourth-order valence-electron chi connectivity index (χ4n) is 4.50. The Balaban J connectivity index is 1.90. The maximum absolute atomic E-state index is 12.2. The minimum Gasteiger partial charge on any atom is -0.454 e. The Morgan fingerprint density at radius 2 is 2.03 bits per heavy atom. The summed E-state index contributed by atoms with van der Waals surface area (Å²) in [4.78, 5) is 40.7. The molecule has 0 unspecified atom stereocenters. The van der Waals surface area contributed by atoms with Crippen molar-refractivity contribution >= 4 is 41.8 Å². The van der Waals surface area contributed by atoms with Crippen molar-refractivity contribution in [3.63, 3.8) is 0 Å². The number of nitrogens with one attached hydrogen (secondary N) is 1. The zero-order valence-corrected chi connectivity index (χ0v) is 21.4. The zero-order chi connectivity index (χ0) is 27.3. The van der Waals surface area contributed by atoms with Crippen LogP contribution in [0.5, 0.6) is 11.5 Å². The largest absolute Gasteiger partial charge is 0.454 e. The number of hydrogen-bond acceptors (Lipinski definition) is 9. The molecule has 2 N–H and O–H groups in total. The zero-order valence-electron chi connectivity index (χ0n) is 21.4. The van der Waals surface area contributed by atoms with Gasteiger partial charge in [-0.3, -0.25) is 14.4 Å². The molecule has 0 saturated carbocycles. The molecule has 4 rings (SSSR count). The first kappa shape index (κ1) is 27.0. The molecule has 38 heavy (non-hydrogen) atoms. The van der Waals surface area contributed by atoms with Crippen LogP contribution in [-0.4, -0.2) is 73.5 Å². The lowest BCUT2D eigenvalue weighted by Gasteiger charge is -2.22. The highest BCUT2D eigenvalue weighted by Crippen LogP contribution is 2.42. The van der Waals surface area contributed by atoms with Crippen molar-refractivity contribution in [2.45, 2.75) is 26.0 Å². The molecule has 200 valence electrons. The average molecular weight is 524 g/mol. The molecule has 2 aliphatic rings. The number of hydrogen-bond donors (Lipinski definition) is 2. The third-order valence-corrected chi connectivity index (χ3v) is 6.28. The molecule has 11 nitrogen and oxygen atoms in total. The third kappa shape index (κ3) is 5.30. The van der Waals surface area contributed by atoms with Crippen LogP contribution in [0.25, 0.3) is 22.7 Å². The number of aliphatic hydroxyl groups is 1. The van der Waals surface area contributed by atoms with E-state index in [1.807, 2.05) is 12.1 Å². The predicted molar refractivity (Wildman–Crippen MR) is 138 cm³/mol. The van der Waals surface area contributed by atoms with Gasteiger partial charge in [0.15, 0.2) is 17.8 Å². The normalized spacial score (nSPS) is 17.5. The molecule has 0 radical (unpaired) electrons. The number of methoxy groups -OCH3 is 1. The Morgan fingerprint density at radius 1 is 1.26 bits per heavy atom. The monoisotopic (exact) mass is 523 g/mol. The summed E-state index contributed by atoms with van der Waals surface area (Å²) in [5.41, 5.74) is 2.26. The maximum atomic E-state index is 12.2. The number of benzene rings is 1. The molecular formula is C27H29N3O8. The summed E-state index contributed by atoms with van der Waals surface area (Å²) < 4.78 is 21.7. The van der Waals surface area contributed by atoms with Crippen LogP contribution in [-0.2, 0) is 30.4 Å². The number of carbonyl (C=O) groups excluding carboxylic acids is 3. The van der Waals surface area contributed by atoms with E-state index in [4.69, 9.17) is 23.9 Å². The SMILES string of the molecule is COC/C(C)=C(/C=C1/c2nc3cc4c(cc3c(/C=C/COCNC=O)c2CN1C=O)OCO4)[C@](C)(O)C=O. The number of nitrogens with zero attached hydrogens (tertiary/aromatic N) is 2. The first-order chi connectivity index (χ1) is 18.3. The van der Waals surface area contributed by atoms with Crippen molar-refractivity contribution in [3.05, 3.63) is 52.3 Å². The average Bonchev–Trinajstić information content (AvgIpc) is 3.51. The molecule has 2 aliphatic heterocycles. The van der Waals surface area contributed by atoms with E-state index in [1.165, 1.54) is 18.9 Å². The van der Waals surface area contributed by atoms with Gasteiger partial charge in [-0.1, -0.05) is 12.2 Å². The lowest BCUT2D eigenvalue weighted by molar-refractivity contribution is -0.119. The van der Waals surface area contributed by atoms with Gasteiger partial charge >= 0.3 is 0 Å². The Morgan fingerprint density at radius 3 is 2.71 bits per heavy atom. The summed E-state index contributed by atoms with van der Waals surface area (Å²) in [7, 11) is 1.52. The van der Waals surface area contributed by atoms with E-state index in [9.17, 15) is 19.5 Å². The van der Waals surface area contributed by atoms with Gasteiger partial charge < -0.3 is 34.3 Å². The lowest BCUT2D eigenvalue weighted by Crippen LogP contribution is -2.30. The molecule has 1 aromatic carbocycles. The smallest absolute Gasteiger partial charge is 0.231 e.